The lowest BCUT2D eigenvalue weighted by atomic mass is 10.0. The van der Waals surface area contributed by atoms with Crippen LogP contribution in [-0.4, -0.2) is 38.2 Å². The number of aromatic nitrogens is 3. The number of aryl methyl sites for hydroxylation is 1. The highest BCUT2D eigenvalue weighted by atomic mass is 16.2. The van der Waals surface area contributed by atoms with Gasteiger partial charge in [0.1, 0.15) is 11.9 Å². The van der Waals surface area contributed by atoms with Gasteiger partial charge < -0.3 is 20.6 Å². The molecule has 1 fully saturated rings. The van der Waals surface area contributed by atoms with Crippen molar-refractivity contribution in [2.75, 3.05) is 12.5 Å². The topological polar surface area (TPSA) is 110 Å². The molecule has 2 aromatic heterocycles. The number of nitrogens with two attached hydrogens (primary N) is 1. The van der Waals surface area contributed by atoms with Crippen LogP contribution in [0.2, 0.25) is 0 Å². The van der Waals surface area contributed by atoms with Gasteiger partial charge in [-0.1, -0.05) is 26.7 Å². The summed E-state index contributed by atoms with van der Waals surface area (Å²) in [6.07, 6.45) is 5.65. The summed E-state index contributed by atoms with van der Waals surface area (Å²) in [6.45, 7) is 6.18. The van der Waals surface area contributed by atoms with Crippen LogP contribution in [0.4, 0.5) is 5.69 Å². The van der Waals surface area contributed by atoms with Crippen molar-refractivity contribution in [3.63, 3.8) is 0 Å². The van der Waals surface area contributed by atoms with Gasteiger partial charge in [-0.25, -0.2) is 5.43 Å². The molecule has 0 bridgehead atoms. The van der Waals surface area contributed by atoms with Crippen LogP contribution in [0, 0.1) is 5.92 Å². The van der Waals surface area contributed by atoms with Crippen LogP contribution in [0.1, 0.15) is 74.7 Å². The van der Waals surface area contributed by atoms with E-state index in [1.807, 2.05) is 31.1 Å². The maximum absolute atomic E-state index is 13.2. The standard InChI is InChI=1S/C22H33N7O2/c1-12(2)13(3)29-11-15(19-18(22(29)31)20(23)25-24-19)16-10-17(28(5)26-16)21(30)27(4)14-8-6-7-9-14/h10-14,20,24-25H,6-9,23H2,1-5H3/t13-,20?/m0/s1. The molecule has 4 rings (SSSR count). The van der Waals surface area contributed by atoms with Gasteiger partial charge in [0.15, 0.2) is 0 Å². The van der Waals surface area contributed by atoms with Gasteiger partial charge in [-0.2, -0.15) is 5.10 Å². The molecule has 4 N–H and O–H groups in total. The van der Waals surface area contributed by atoms with E-state index in [-0.39, 0.29) is 29.5 Å². The number of fused-ring (bicyclic) bond motifs is 1. The zero-order valence-electron chi connectivity index (χ0n) is 19.0. The van der Waals surface area contributed by atoms with Crippen molar-refractivity contribution in [2.24, 2.45) is 18.7 Å². The van der Waals surface area contributed by atoms with E-state index in [0.717, 1.165) is 18.4 Å². The molecule has 0 saturated heterocycles. The van der Waals surface area contributed by atoms with Gasteiger partial charge in [0.05, 0.1) is 16.9 Å². The highest BCUT2D eigenvalue weighted by Crippen LogP contribution is 2.35. The van der Waals surface area contributed by atoms with Crippen LogP contribution >= 0.6 is 0 Å². The Balaban J connectivity index is 1.78. The summed E-state index contributed by atoms with van der Waals surface area (Å²) < 4.78 is 3.35. The van der Waals surface area contributed by atoms with Gasteiger partial charge in [-0.05, 0) is 31.7 Å². The second kappa shape index (κ2) is 8.12. The smallest absolute Gasteiger partial charge is 0.272 e. The second-order valence-corrected chi connectivity index (χ2v) is 9.17. The highest BCUT2D eigenvalue weighted by molar-refractivity contribution is 5.94. The van der Waals surface area contributed by atoms with E-state index in [0.29, 0.717) is 22.6 Å². The second-order valence-electron chi connectivity index (χ2n) is 9.17. The predicted octanol–water partition coefficient (Wildman–Crippen LogP) is 2.37. The number of carbonyl (C=O) groups is 1. The molecule has 168 valence electrons. The Kier molecular flexibility index (Phi) is 5.65. The molecule has 1 amide bonds. The summed E-state index contributed by atoms with van der Waals surface area (Å²) in [7, 11) is 3.65. The van der Waals surface area contributed by atoms with Crippen LogP contribution in [0.5, 0.6) is 0 Å². The molecule has 0 radical (unpaired) electrons. The average molecular weight is 428 g/mol. The van der Waals surface area contributed by atoms with Gasteiger partial charge in [-0.3, -0.25) is 14.3 Å². The first kappa shape index (κ1) is 21.6. The Bertz CT molecular complexity index is 1050. The van der Waals surface area contributed by atoms with E-state index in [1.165, 1.54) is 12.8 Å². The predicted molar refractivity (Wildman–Crippen MR) is 120 cm³/mol. The van der Waals surface area contributed by atoms with Gasteiger partial charge in [-0.15, -0.1) is 0 Å². The summed E-state index contributed by atoms with van der Waals surface area (Å²) in [5.41, 5.74) is 15.1. The molecule has 1 aliphatic heterocycles. The Morgan fingerprint density at radius 2 is 1.97 bits per heavy atom. The number of hydrazine groups is 1. The minimum Gasteiger partial charge on any atom is -0.337 e. The fourth-order valence-corrected chi connectivity index (χ4v) is 4.55. The lowest BCUT2D eigenvalue weighted by Crippen LogP contribution is -2.36. The van der Waals surface area contributed by atoms with Gasteiger partial charge in [0.25, 0.3) is 11.5 Å². The first-order valence-corrected chi connectivity index (χ1v) is 11.1. The number of anilines is 1. The number of nitrogens with one attached hydrogen (secondary N) is 2. The molecule has 9 nitrogen and oxygen atoms in total. The molecule has 2 aromatic rings. The summed E-state index contributed by atoms with van der Waals surface area (Å²) >= 11 is 0. The van der Waals surface area contributed by atoms with E-state index in [2.05, 4.69) is 29.8 Å². The molecule has 3 heterocycles. The van der Waals surface area contributed by atoms with Crippen molar-refractivity contribution in [1.29, 1.82) is 0 Å². The summed E-state index contributed by atoms with van der Waals surface area (Å²) in [6, 6.07) is 2.08. The lowest BCUT2D eigenvalue weighted by molar-refractivity contribution is 0.0724. The van der Waals surface area contributed by atoms with E-state index in [1.54, 1.807) is 16.3 Å². The fourth-order valence-electron chi connectivity index (χ4n) is 4.55. The monoisotopic (exact) mass is 427 g/mol. The van der Waals surface area contributed by atoms with E-state index >= 15 is 0 Å². The molecule has 1 saturated carbocycles. The third-order valence-corrected chi connectivity index (χ3v) is 6.91. The molecule has 2 atom stereocenters. The maximum Gasteiger partial charge on any atom is 0.272 e. The third kappa shape index (κ3) is 3.65. The Hall–Kier alpha value is -2.65. The molecular weight excluding hydrogens is 394 g/mol. The Labute approximate surface area is 182 Å². The minimum atomic E-state index is -0.605. The van der Waals surface area contributed by atoms with Crippen LogP contribution in [0.25, 0.3) is 11.3 Å². The molecule has 9 heteroatoms. The number of nitrogens with zero attached hydrogens (tertiary/aromatic N) is 4. The number of rotatable bonds is 5. The maximum atomic E-state index is 13.2. The van der Waals surface area contributed by atoms with Gasteiger partial charge in [0.2, 0.25) is 0 Å². The normalized spacial score (nSPS) is 19.5. The number of pyridine rings is 1. The van der Waals surface area contributed by atoms with E-state index in [9.17, 15) is 9.59 Å². The molecule has 1 aliphatic carbocycles. The lowest BCUT2D eigenvalue weighted by Gasteiger charge is -2.24. The van der Waals surface area contributed by atoms with Crippen molar-refractivity contribution in [1.82, 2.24) is 24.7 Å². The molecule has 1 unspecified atom stereocenters. The van der Waals surface area contributed by atoms with Gasteiger partial charge in [0, 0.05) is 37.9 Å². The molecule has 0 spiro atoms. The quantitative estimate of drug-likeness (QED) is 0.676. The highest BCUT2D eigenvalue weighted by Gasteiger charge is 2.31. The summed E-state index contributed by atoms with van der Waals surface area (Å²) in [4.78, 5) is 28.1. The summed E-state index contributed by atoms with van der Waals surface area (Å²) in [5, 5.41) is 4.63. The molecule has 0 aromatic carbocycles. The Morgan fingerprint density at radius 3 is 2.61 bits per heavy atom. The van der Waals surface area contributed by atoms with Crippen molar-refractivity contribution < 1.29 is 4.79 Å². The van der Waals surface area contributed by atoms with Crippen molar-refractivity contribution in [2.45, 2.75) is 64.7 Å². The first-order chi connectivity index (χ1) is 14.7. The summed E-state index contributed by atoms with van der Waals surface area (Å²) in [5.74, 6) is 0.236. The van der Waals surface area contributed by atoms with Crippen molar-refractivity contribution >= 4 is 11.6 Å². The molecule has 31 heavy (non-hydrogen) atoms. The zero-order chi connectivity index (χ0) is 22.4. The number of amides is 1. The van der Waals surface area contributed by atoms with Crippen molar-refractivity contribution in [3.05, 3.63) is 33.9 Å². The van der Waals surface area contributed by atoms with Crippen LogP contribution in [0.15, 0.2) is 17.1 Å². The Morgan fingerprint density at radius 1 is 1.29 bits per heavy atom. The number of carbonyl (C=O) groups excluding carboxylic acids is 1. The molecular formula is C22H33N7O2. The average Bonchev–Trinajstić information content (AvgIpc) is 3.47. The third-order valence-electron chi connectivity index (χ3n) is 6.91. The van der Waals surface area contributed by atoms with Crippen LogP contribution in [-0.2, 0) is 7.05 Å². The number of hydrogen-bond acceptors (Lipinski definition) is 6. The minimum absolute atomic E-state index is 0.0114. The SMILES string of the molecule is CC(C)[C@H](C)n1cc(-c2cc(C(=O)N(C)C3CCCC3)n(C)n2)c2c(c1=O)C(N)NN2. The van der Waals surface area contributed by atoms with E-state index in [4.69, 9.17) is 5.73 Å². The van der Waals surface area contributed by atoms with Crippen LogP contribution in [0.3, 0.4) is 0 Å². The van der Waals surface area contributed by atoms with Gasteiger partial charge >= 0.3 is 0 Å². The van der Waals surface area contributed by atoms with E-state index < -0.39 is 6.17 Å². The number of hydrogen-bond donors (Lipinski definition) is 3. The fraction of sp³-hybridized carbons (Fsp3) is 0.591. The van der Waals surface area contributed by atoms with Crippen molar-refractivity contribution in [3.8, 4) is 11.3 Å². The largest absolute Gasteiger partial charge is 0.337 e. The first-order valence-electron chi connectivity index (χ1n) is 11.1. The zero-order valence-corrected chi connectivity index (χ0v) is 19.0. The molecule has 2 aliphatic rings. The van der Waals surface area contributed by atoms with Crippen LogP contribution < -0.4 is 22.1 Å².